The quantitative estimate of drug-likeness (QED) is 0.662. The maximum absolute atomic E-state index is 12.0. The fraction of sp³-hybridized carbons (Fsp3) is 0.167. The Kier molecular flexibility index (Phi) is 4.77. The molecule has 0 bridgehead atoms. The van der Waals surface area contributed by atoms with Gasteiger partial charge in [-0.15, -0.1) is 0 Å². The van der Waals surface area contributed by atoms with E-state index in [1.54, 1.807) is 37.6 Å². The number of hydrogen-bond donors (Lipinski definition) is 1. The van der Waals surface area contributed by atoms with Crippen LogP contribution in [0.1, 0.15) is 21.5 Å². The van der Waals surface area contributed by atoms with Gasteiger partial charge in [0, 0.05) is 23.5 Å². The lowest BCUT2D eigenvalue weighted by atomic mass is 10.1. The molecule has 3 nitrogen and oxygen atoms in total. The normalized spacial score (nSPS) is 10.6. The molecule has 3 heteroatoms. The fourth-order valence-electron chi connectivity index (χ4n) is 1.90. The molecule has 2 aromatic carbocycles. The molecule has 0 aliphatic carbocycles. The molecule has 0 aromatic heterocycles. The lowest BCUT2D eigenvalue weighted by Crippen LogP contribution is -1.96. The van der Waals surface area contributed by atoms with E-state index in [1.165, 1.54) is 17.2 Å². The second kappa shape index (κ2) is 6.75. The number of aryl methyl sites for hydroxylation is 2. The van der Waals surface area contributed by atoms with E-state index in [2.05, 4.69) is 31.3 Å². The van der Waals surface area contributed by atoms with Crippen molar-refractivity contribution in [3.05, 3.63) is 71.4 Å². The van der Waals surface area contributed by atoms with Crippen molar-refractivity contribution in [1.82, 2.24) is 0 Å². The van der Waals surface area contributed by atoms with Crippen LogP contribution < -0.4 is 10.1 Å². The fourth-order valence-corrected chi connectivity index (χ4v) is 1.90. The van der Waals surface area contributed by atoms with Gasteiger partial charge in [0.1, 0.15) is 5.75 Å². The number of carbonyl (C=O) groups is 1. The molecule has 108 valence electrons. The second-order valence-corrected chi connectivity index (χ2v) is 4.87. The van der Waals surface area contributed by atoms with Crippen molar-refractivity contribution in [1.29, 1.82) is 0 Å². The molecule has 0 spiro atoms. The molecular formula is C18H19NO2. The summed E-state index contributed by atoms with van der Waals surface area (Å²) in [6.07, 6.45) is 3.19. The van der Waals surface area contributed by atoms with E-state index in [0.717, 1.165) is 11.4 Å². The van der Waals surface area contributed by atoms with Crippen LogP contribution in [0.4, 0.5) is 5.69 Å². The highest BCUT2D eigenvalue weighted by molar-refractivity contribution is 6.04. The van der Waals surface area contributed by atoms with Gasteiger partial charge in [0.2, 0.25) is 0 Å². The maximum atomic E-state index is 12.0. The standard InChI is InChI=1S/C18H19NO2/c1-13-4-7-16(12-14(13)2)19-11-10-18(20)15-5-8-17(21-3)9-6-15/h4-12,19H,1-3H3/b11-10+. The van der Waals surface area contributed by atoms with Crippen molar-refractivity contribution in [3.63, 3.8) is 0 Å². The Morgan fingerprint density at radius 1 is 1.05 bits per heavy atom. The minimum atomic E-state index is -0.0472. The average Bonchev–Trinajstić information content (AvgIpc) is 2.51. The molecule has 0 heterocycles. The van der Waals surface area contributed by atoms with Crippen LogP contribution in [0.3, 0.4) is 0 Å². The summed E-state index contributed by atoms with van der Waals surface area (Å²) in [6.45, 7) is 4.13. The lowest BCUT2D eigenvalue weighted by molar-refractivity contribution is 0.104. The minimum Gasteiger partial charge on any atom is -0.497 e. The summed E-state index contributed by atoms with van der Waals surface area (Å²) in [5.41, 5.74) is 4.07. The average molecular weight is 281 g/mol. The number of benzene rings is 2. The highest BCUT2D eigenvalue weighted by Gasteiger charge is 2.01. The topological polar surface area (TPSA) is 38.3 Å². The summed E-state index contributed by atoms with van der Waals surface area (Å²) in [6, 6.07) is 13.2. The van der Waals surface area contributed by atoms with Crippen molar-refractivity contribution in [2.24, 2.45) is 0 Å². The Morgan fingerprint density at radius 3 is 2.38 bits per heavy atom. The SMILES string of the molecule is COc1ccc(C(=O)/C=C/Nc2ccc(C)c(C)c2)cc1. The number of ether oxygens (including phenoxy) is 1. The molecule has 0 aliphatic heterocycles. The van der Waals surface area contributed by atoms with E-state index in [4.69, 9.17) is 4.74 Å². The molecule has 0 unspecified atom stereocenters. The van der Waals surface area contributed by atoms with Crippen molar-refractivity contribution in [3.8, 4) is 5.75 Å². The largest absolute Gasteiger partial charge is 0.497 e. The van der Waals surface area contributed by atoms with E-state index >= 15 is 0 Å². The number of nitrogens with one attached hydrogen (secondary N) is 1. The second-order valence-electron chi connectivity index (χ2n) is 4.87. The highest BCUT2D eigenvalue weighted by Crippen LogP contribution is 2.15. The smallest absolute Gasteiger partial charge is 0.187 e. The predicted octanol–water partition coefficient (Wildman–Crippen LogP) is 4.12. The number of allylic oxidation sites excluding steroid dienone is 1. The lowest BCUT2D eigenvalue weighted by Gasteiger charge is -2.04. The molecule has 0 radical (unpaired) electrons. The zero-order valence-electron chi connectivity index (χ0n) is 12.5. The van der Waals surface area contributed by atoms with Crippen LogP contribution >= 0.6 is 0 Å². The molecule has 0 amide bonds. The van der Waals surface area contributed by atoms with Gasteiger partial charge >= 0.3 is 0 Å². The summed E-state index contributed by atoms with van der Waals surface area (Å²) in [5, 5.41) is 3.11. The zero-order chi connectivity index (χ0) is 15.2. The number of anilines is 1. The molecule has 2 rings (SSSR count). The van der Waals surface area contributed by atoms with Gasteiger partial charge in [0.25, 0.3) is 0 Å². The van der Waals surface area contributed by atoms with E-state index in [0.29, 0.717) is 5.56 Å². The van der Waals surface area contributed by atoms with Crippen molar-refractivity contribution in [2.75, 3.05) is 12.4 Å². The van der Waals surface area contributed by atoms with Crippen LogP contribution in [-0.4, -0.2) is 12.9 Å². The van der Waals surface area contributed by atoms with Crippen LogP contribution in [0.25, 0.3) is 0 Å². The van der Waals surface area contributed by atoms with Gasteiger partial charge in [-0.2, -0.15) is 0 Å². The first kappa shape index (κ1) is 14.9. The third-order valence-electron chi connectivity index (χ3n) is 3.37. The first-order valence-corrected chi connectivity index (χ1v) is 6.79. The summed E-state index contributed by atoms with van der Waals surface area (Å²) in [4.78, 5) is 12.0. The Morgan fingerprint density at radius 2 is 1.76 bits per heavy atom. The number of ketones is 1. The minimum absolute atomic E-state index is 0.0472. The van der Waals surface area contributed by atoms with Gasteiger partial charge in [0.15, 0.2) is 5.78 Å². The first-order chi connectivity index (χ1) is 10.1. The van der Waals surface area contributed by atoms with Crippen LogP contribution in [0.2, 0.25) is 0 Å². The molecule has 0 saturated heterocycles. The van der Waals surface area contributed by atoms with Crippen LogP contribution in [0.5, 0.6) is 5.75 Å². The summed E-state index contributed by atoms with van der Waals surface area (Å²) in [7, 11) is 1.60. The summed E-state index contributed by atoms with van der Waals surface area (Å²) in [5.74, 6) is 0.692. The molecule has 0 atom stereocenters. The number of rotatable bonds is 5. The first-order valence-electron chi connectivity index (χ1n) is 6.79. The molecule has 1 N–H and O–H groups in total. The van der Waals surface area contributed by atoms with Crippen molar-refractivity contribution >= 4 is 11.5 Å². The van der Waals surface area contributed by atoms with Crippen molar-refractivity contribution in [2.45, 2.75) is 13.8 Å². The molecule has 0 saturated carbocycles. The maximum Gasteiger partial charge on any atom is 0.187 e. The number of carbonyl (C=O) groups excluding carboxylic acids is 1. The molecule has 0 aliphatic rings. The summed E-state index contributed by atoms with van der Waals surface area (Å²) >= 11 is 0. The van der Waals surface area contributed by atoms with Gasteiger partial charge < -0.3 is 10.1 Å². The number of methoxy groups -OCH3 is 1. The van der Waals surface area contributed by atoms with Crippen molar-refractivity contribution < 1.29 is 9.53 Å². The summed E-state index contributed by atoms with van der Waals surface area (Å²) < 4.78 is 5.07. The molecule has 2 aromatic rings. The van der Waals surface area contributed by atoms with Crippen LogP contribution in [-0.2, 0) is 0 Å². The van der Waals surface area contributed by atoms with Gasteiger partial charge in [-0.1, -0.05) is 6.07 Å². The predicted molar refractivity (Wildman–Crippen MR) is 86.0 cm³/mol. The Bertz CT molecular complexity index is 657. The monoisotopic (exact) mass is 281 g/mol. The molecule has 0 fully saturated rings. The van der Waals surface area contributed by atoms with Crippen LogP contribution in [0.15, 0.2) is 54.7 Å². The number of hydrogen-bond acceptors (Lipinski definition) is 3. The highest BCUT2D eigenvalue weighted by atomic mass is 16.5. The van der Waals surface area contributed by atoms with E-state index in [1.807, 2.05) is 6.07 Å². The van der Waals surface area contributed by atoms with E-state index < -0.39 is 0 Å². The Balaban J connectivity index is 1.99. The van der Waals surface area contributed by atoms with E-state index in [-0.39, 0.29) is 5.78 Å². The zero-order valence-corrected chi connectivity index (χ0v) is 12.5. The molecule has 21 heavy (non-hydrogen) atoms. The Hall–Kier alpha value is -2.55. The van der Waals surface area contributed by atoms with Gasteiger partial charge in [-0.3, -0.25) is 4.79 Å². The van der Waals surface area contributed by atoms with Gasteiger partial charge in [0.05, 0.1) is 7.11 Å². The van der Waals surface area contributed by atoms with Crippen LogP contribution in [0, 0.1) is 13.8 Å². The van der Waals surface area contributed by atoms with Gasteiger partial charge in [-0.05, 0) is 61.4 Å². The third kappa shape index (κ3) is 3.96. The third-order valence-corrected chi connectivity index (χ3v) is 3.37. The molecular weight excluding hydrogens is 262 g/mol. The van der Waals surface area contributed by atoms with Gasteiger partial charge in [-0.25, -0.2) is 0 Å². The van der Waals surface area contributed by atoms with E-state index in [9.17, 15) is 4.79 Å². The Labute approximate surface area is 125 Å².